The van der Waals surface area contributed by atoms with Gasteiger partial charge in [-0.25, -0.2) is 9.59 Å². The van der Waals surface area contributed by atoms with Gasteiger partial charge in [0.1, 0.15) is 12.2 Å². The molecule has 2 saturated heterocycles. The molecule has 0 unspecified atom stereocenters. The van der Waals surface area contributed by atoms with Crippen LogP contribution in [0.25, 0.3) is 0 Å². The molecule has 0 saturated carbocycles. The molecule has 2 heterocycles. The fourth-order valence-corrected chi connectivity index (χ4v) is 3.39. The van der Waals surface area contributed by atoms with Gasteiger partial charge in [0.15, 0.2) is 0 Å². The molecular weight excluding hydrogens is 312 g/mol. The Morgan fingerprint density at radius 2 is 1.62 bits per heavy atom. The van der Waals surface area contributed by atoms with Crippen LogP contribution in [0.3, 0.4) is 0 Å². The Kier molecular flexibility index (Phi) is 6.46. The number of carbonyl (C=O) groups excluding carboxylic acids is 1. The Labute approximate surface area is 143 Å². The first-order chi connectivity index (χ1) is 11.2. The lowest BCUT2D eigenvalue weighted by atomic mass is 9.99. The lowest BCUT2D eigenvalue weighted by Crippen LogP contribution is -2.49. The Balaban J connectivity index is 1.65. The summed E-state index contributed by atoms with van der Waals surface area (Å²) in [6.07, 6.45) is 2.89. The molecule has 1 amide bonds. The van der Waals surface area contributed by atoms with Crippen LogP contribution in [0.2, 0.25) is 0 Å². The highest BCUT2D eigenvalue weighted by atomic mass is 16.6. The Morgan fingerprint density at radius 3 is 2.12 bits per heavy atom. The highest BCUT2D eigenvalue weighted by molar-refractivity contribution is 5.71. The highest BCUT2D eigenvalue weighted by Crippen LogP contribution is 2.22. The van der Waals surface area contributed by atoms with E-state index in [-0.39, 0.29) is 18.7 Å². The van der Waals surface area contributed by atoms with Crippen molar-refractivity contribution in [2.75, 3.05) is 32.8 Å². The summed E-state index contributed by atoms with van der Waals surface area (Å²) in [5.41, 5.74) is -0.478. The maximum Gasteiger partial charge on any atom is 0.407 e. The third kappa shape index (κ3) is 5.94. The molecule has 2 aliphatic rings. The van der Waals surface area contributed by atoms with Gasteiger partial charge in [0, 0.05) is 32.2 Å². The van der Waals surface area contributed by atoms with Crippen molar-refractivity contribution in [2.45, 2.75) is 64.2 Å². The Morgan fingerprint density at radius 1 is 1.04 bits per heavy atom. The minimum Gasteiger partial charge on any atom is -0.465 e. The SMILES string of the molecule is CC(C)(C)OC(=O)COC1CCN(C2CCN(C(=O)O)CC2)CC1. The van der Waals surface area contributed by atoms with E-state index in [9.17, 15) is 9.59 Å². The summed E-state index contributed by atoms with van der Waals surface area (Å²) in [4.78, 5) is 26.6. The summed E-state index contributed by atoms with van der Waals surface area (Å²) in [5.74, 6) is -0.314. The van der Waals surface area contributed by atoms with Gasteiger partial charge < -0.3 is 24.4 Å². The molecule has 24 heavy (non-hydrogen) atoms. The van der Waals surface area contributed by atoms with Crippen molar-refractivity contribution in [3.8, 4) is 0 Å². The molecule has 7 nitrogen and oxygen atoms in total. The van der Waals surface area contributed by atoms with Crippen LogP contribution in [0.4, 0.5) is 4.79 Å². The lowest BCUT2D eigenvalue weighted by Gasteiger charge is -2.41. The number of hydrogen-bond donors (Lipinski definition) is 1. The summed E-state index contributed by atoms with van der Waals surface area (Å²) >= 11 is 0. The molecule has 0 aromatic rings. The molecule has 0 aromatic heterocycles. The average Bonchev–Trinajstić information content (AvgIpc) is 2.52. The zero-order chi connectivity index (χ0) is 17.7. The Bertz CT molecular complexity index is 433. The molecule has 138 valence electrons. The van der Waals surface area contributed by atoms with Crippen molar-refractivity contribution in [1.29, 1.82) is 0 Å². The van der Waals surface area contributed by atoms with E-state index < -0.39 is 11.7 Å². The summed E-state index contributed by atoms with van der Waals surface area (Å²) < 4.78 is 10.9. The van der Waals surface area contributed by atoms with Crippen LogP contribution in [-0.4, -0.2) is 77.5 Å². The van der Waals surface area contributed by atoms with Gasteiger partial charge in [0.2, 0.25) is 0 Å². The van der Waals surface area contributed by atoms with Gasteiger partial charge in [-0.15, -0.1) is 0 Å². The summed E-state index contributed by atoms with van der Waals surface area (Å²) in [6, 6.07) is 0.465. The topological polar surface area (TPSA) is 79.3 Å². The first-order valence-corrected chi connectivity index (χ1v) is 8.80. The van der Waals surface area contributed by atoms with Crippen molar-refractivity contribution in [1.82, 2.24) is 9.80 Å². The lowest BCUT2D eigenvalue weighted by molar-refractivity contribution is -0.163. The number of carboxylic acid groups (broad SMARTS) is 1. The van der Waals surface area contributed by atoms with Crippen molar-refractivity contribution in [2.24, 2.45) is 0 Å². The summed E-state index contributed by atoms with van der Waals surface area (Å²) in [7, 11) is 0. The van der Waals surface area contributed by atoms with Crippen LogP contribution >= 0.6 is 0 Å². The molecule has 0 aliphatic carbocycles. The molecule has 0 atom stereocenters. The van der Waals surface area contributed by atoms with Crippen molar-refractivity contribution >= 4 is 12.1 Å². The van der Waals surface area contributed by atoms with Gasteiger partial charge in [-0.05, 0) is 46.5 Å². The molecule has 0 bridgehead atoms. The van der Waals surface area contributed by atoms with Gasteiger partial charge in [-0.3, -0.25) is 0 Å². The number of likely N-dealkylation sites (tertiary alicyclic amines) is 2. The predicted molar refractivity (Wildman–Crippen MR) is 89.0 cm³/mol. The van der Waals surface area contributed by atoms with E-state index >= 15 is 0 Å². The standard InChI is InChI=1S/C17H30N2O5/c1-17(2,3)24-15(20)12-23-14-6-10-18(11-7-14)13-4-8-19(9-5-13)16(21)22/h13-14H,4-12H2,1-3H3,(H,21,22). The second kappa shape index (κ2) is 8.16. The minimum absolute atomic E-state index is 0.0128. The maximum absolute atomic E-state index is 11.7. The molecule has 0 spiro atoms. The number of piperidine rings is 2. The van der Waals surface area contributed by atoms with E-state index in [2.05, 4.69) is 4.90 Å². The molecule has 2 aliphatic heterocycles. The van der Waals surface area contributed by atoms with Crippen LogP contribution in [0.1, 0.15) is 46.5 Å². The quantitative estimate of drug-likeness (QED) is 0.787. The number of rotatable bonds is 4. The molecule has 0 aromatic carbocycles. The van der Waals surface area contributed by atoms with Crippen LogP contribution in [-0.2, 0) is 14.3 Å². The van der Waals surface area contributed by atoms with Gasteiger partial charge in [0.05, 0.1) is 6.10 Å². The fraction of sp³-hybridized carbons (Fsp3) is 0.882. The molecular formula is C17H30N2O5. The minimum atomic E-state index is -0.817. The first kappa shape index (κ1) is 19.0. The monoisotopic (exact) mass is 342 g/mol. The van der Waals surface area contributed by atoms with Crippen molar-refractivity contribution < 1.29 is 24.2 Å². The first-order valence-electron chi connectivity index (χ1n) is 8.80. The zero-order valence-electron chi connectivity index (χ0n) is 15.0. The van der Waals surface area contributed by atoms with Crippen LogP contribution in [0.15, 0.2) is 0 Å². The van der Waals surface area contributed by atoms with E-state index in [0.717, 1.165) is 38.8 Å². The Hall–Kier alpha value is -1.34. The second-order valence-corrected chi connectivity index (χ2v) is 7.63. The van der Waals surface area contributed by atoms with E-state index in [1.807, 2.05) is 20.8 Å². The fourth-order valence-electron chi connectivity index (χ4n) is 3.39. The number of carbonyl (C=O) groups is 2. The summed E-state index contributed by atoms with van der Waals surface area (Å²) in [6.45, 7) is 8.67. The number of amides is 1. The third-order valence-corrected chi connectivity index (χ3v) is 4.58. The second-order valence-electron chi connectivity index (χ2n) is 7.63. The summed E-state index contributed by atoms with van der Waals surface area (Å²) in [5, 5.41) is 9.00. The number of esters is 1. The van der Waals surface area contributed by atoms with Gasteiger partial charge >= 0.3 is 12.1 Å². The third-order valence-electron chi connectivity index (χ3n) is 4.58. The molecule has 7 heteroatoms. The number of hydrogen-bond acceptors (Lipinski definition) is 5. The van der Waals surface area contributed by atoms with E-state index in [0.29, 0.717) is 19.1 Å². The number of ether oxygens (including phenoxy) is 2. The molecule has 0 radical (unpaired) electrons. The van der Waals surface area contributed by atoms with Gasteiger partial charge in [-0.1, -0.05) is 0 Å². The van der Waals surface area contributed by atoms with Gasteiger partial charge in [0.25, 0.3) is 0 Å². The molecule has 2 fully saturated rings. The zero-order valence-corrected chi connectivity index (χ0v) is 15.0. The molecule has 2 rings (SSSR count). The van der Waals surface area contributed by atoms with Crippen LogP contribution < -0.4 is 0 Å². The maximum atomic E-state index is 11.7. The van der Waals surface area contributed by atoms with Crippen LogP contribution in [0, 0.1) is 0 Å². The van der Waals surface area contributed by atoms with Gasteiger partial charge in [-0.2, -0.15) is 0 Å². The smallest absolute Gasteiger partial charge is 0.407 e. The normalized spacial score (nSPS) is 21.7. The van der Waals surface area contributed by atoms with Crippen LogP contribution in [0.5, 0.6) is 0 Å². The largest absolute Gasteiger partial charge is 0.465 e. The van der Waals surface area contributed by atoms with E-state index in [4.69, 9.17) is 14.6 Å². The van der Waals surface area contributed by atoms with E-state index in [1.165, 1.54) is 4.90 Å². The molecule has 1 N–H and O–H groups in total. The highest BCUT2D eigenvalue weighted by Gasteiger charge is 2.30. The predicted octanol–water partition coefficient (Wildman–Crippen LogP) is 1.95. The average molecular weight is 342 g/mol. The number of nitrogens with zero attached hydrogens (tertiary/aromatic N) is 2. The van der Waals surface area contributed by atoms with Crippen molar-refractivity contribution in [3.05, 3.63) is 0 Å². The van der Waals surface area contributed by atoms with Crippen molar-refractivity contribution in [3.63, 3.8) is 0 Å². The van der Waals surface area contributed by atoms with E-state index in [1.54, 1.807) is 0 Å².